The van der Waals surface area contributed by atoms with Gasteiger partial charge in [-0.15, -0.1) is 11.6 Å². The molecule has 1 aliphatic heterocycles. The van der Waals surface area contributed by atoms with E-state index in [4.69, 9.17) is 16.0 Å². The quantitative estimate of drug-likeness (QED) is 0.399. The van der Waals surface area contributed by atoms with Crippen LogP contribution in [0.4, 0.5) is 0 Å². The van der Waals surface area contributed by atoms with Gasteiger partial charge in [-0.1, -0.05) is 30.3 Å². The monoisotopic (exact) mass is 406 g/mol. The molecule has 0 spiro atoms. The molecule has 3 heterocycles. The van der Waals surface area contributed by atoms with Crippen LogP contribution in [0.5, 0.6) is 0 Å². The van der Waals surface area contributed by atoms with E-state index in [0.717, 1.165) is 11.0 Å². The minimum atomic E-state index is -0.785. The van der Waals surface area contributed by atoms with Crippen LogP contribution in [0.3, 0.4) is 0 Å². The Morgan fingerprint density at radius 2 is 1.90 bits per heavy atom. The summed E-state index contributed by atoms with van der Waals surface area (Å²) in [5.74, 6) is 0.261. The summed E-state index contributed by atoms with van der Waals surface area (Å²) in [4.78, 5) is 33.0. The van der Waals surface area contributed by atoms with E-state index in [-0.39, 0.29) is 5.91 Å². The lowest BCUT2D eigenvalue weighted by Gasteiger charge is -2.42. The van der Waals surface area contributed by atoms with Gasteiger partial charge in [-0.25, -0.2) is 9.99 Å². The highest BCUT2D eigenvalue weighted by atomic mass is 35.5. The Balaban J connectivity index is 1.46. The Bertz CT molecular complexity index is 1180. The Morgan fingerprint density at radius 1 is 1.10 bits per heavy atom. The number of nitrogens with one attached hydrogen (secondary N) is 2. The summed E-state index contributed by atoms with van der Waals surface area (Å²) in [6.45, 7) is 0. The van der Waals surface area contributed by atoms with E-state index >= 15 is 0 Å². The van der Waals surface area contributed by atoms with E-state index in [9.17, 15) is 9.59 Å². The van der Waals surface area contributed by atoms with Crippen LogP contribution in [0.15, 0.2) is 71.3 Å². The van der Waals surface area contributed by atoms with Gasteiger partial charge in [0.15, 0.2) is 0 Å². The second kappa shape index (κ2) is 6.79. The van der Waals surface area contributed by atoms with Crippen molar-refractivity contribution in [1.82, 2.24) is 20.4 Å². The van der Waals surface area contributed by atoms with Gasteiger partial charge in [-0.05, 0) is 30.3 Å². The highest BCUT2D eigenvalue weighted by Gasteiger charge is 2.50. The lowest BCUT2D eigenvalue weighted by atomic mass is 10.0. The topological polar surface area (TPSA) is 91.2 Å². The van der Waals surface area contributed by atoms with Crippen LogP contribution in [0, 0.1) is 0 Å². The fraction of sp³-hybridized carbons (Fsp3) is 0.0952. The zero-order valence-corrected chi connectivity index (χ0v) is 15.8. The molecule has 2 aromatic heterocycles. The molecule has 5 rings (SSSR count). The Morgan fingerprint density at radius 3 is 2.69 bits per heavy atom. The Labute approximate surface area is 170 Å². The highest BCUT2D eigenvalue weighted by Crippen LogP contribution is 2.37. The maximum atomic E-state index is 13.0. The van der Waals surface area contributed by atoms with E-state index in [1.165, 1.54) is 11.3 Å². The maximum absolute atomic E-state index is 13.0. The molecular weight excluding hydrogens is 392 g/mol. The van der Waals surface area contributed by atoms with Crippen molar-refractivity contribution in [3.05, 3.63) is 78.3 Å². The van der Waals surface area contributed by atoms with Crippen molar-refractivity contribution >= 4 is 34.4 Å². The second-order valence-corrected chi connectivity index (χ2v) is 7.13. The van der Waals surface area contributed by atoms with Gasteiger partial charge in [0.05, 0.1) is 22.9 Å². The summed E-state index contributed by atoms with van der Waals surface area (Å²) in [6.07, 6.45) is 1.50. The first-order valence-electron chi connectivity index (χ1n) is 8.99. The molecule has 0 bridgehead atoms. The van der Waals surface area contributed by atoms with Crippen LogP contribution in [0.25, 0.3) is 22.4 Å². The van der Waals surface area contributed by atoms with Crippen LogP contribution in [0.1, 0.15) is 22.2 Å². The van der Waals surface area contributed by atoms with Crippen molar-refractivity contribution in [1.29, 1.82) is 0 Å². The average molecular weight is 407 g/mol. The third-order valence-corrected chi connectivity index (χ3v) is 5.33. The molecule has 2 amide bonds. The van der Waals surface area contributed by atoms with Crippen molar-refractivity contribution in [2.24, 2.45) is 0 Å². The van der Waals surface area contributed by atoms with Crippen LogP contribution >= 0.6 is 11.6 Å². The first kappa shape index (κ1) is 17.5. The molecule has 8 heteroatoms. The molecule has 144 valence electrons. The summed E-state index contributed by atoms with van der Waals surface area (Å²) in [5.41, 5.74) is 5.35. The van der Waals surface area contributed by atoms with Crippen LogP contribution in [-0.2, 0) is 4.79 Å². The Kier molecular flexibility index (Phi) is 4.10. The molecule has 1 fully saturated rings. The predicted molar refractivity (Wildman–Crippen MR) is 107 cm³/mol. The third-order valence-electron chi connectivity index (χ3n) is 4.90. The average Bonchev–Trinajstić information content (AvgIpc) is 3.42. The molecule has 1 saturated heterocycles. The summed E-state index contributed by atoms with van der Waals surface area (Å²) in [5, 5.41) is 0.418. The number of imidazole rings is 1. The van der Waals surface area contributed by atoms with Crippen molar-refractivity contribution < 1.29 is 14.0 Å². The van der Waals surface area contributed by atoms with Crippen molar-refractivity contribution in [2.45, 2.75) is 11.4 Å². The molecule has 1 aliphatic rings. The van der Waals surface area contributed by atoms with Crippen LogP contribution in [-0.4, -0.2) is 32.2 Å². The van der Waals surface area contributed by atoms with E-state index in [2.05, 4.69) is 15.4 Å². The molecule has 2 aromatic carbocycles. The van der Waals surface area contributed by atoms with Crippen LogP contribution < -0.4 is 5.43 Å². The largest absolute Gasteiger partial charge is 0.467 e. The maximum Gasteiger partial charge on any atom is 0.270 e. The normalized spacial score (nSPS) is 18.7. The van der Waals surface area contributed by atoms with Gasteiger partial charge in [0.2, 0.25) is 0 Å². The van der Waals surface area contributed by atoms with Gasteiger partial charge in [0.1, 0.15) is 23.0 Å². The molecule has 7 nitrogen and oxygen atoms in total. The summed E-state index contributed by atoms with van der Waals surface area (Å²) in [7, 11) is 0. The molecule has 2 N–H and O–H groups in total. The van der Waals surface area contributed by atoms with Gasteiger partial charge in [-0.3, -0.25) is 15.0 Å². The number of hydrogen-bond acceptors (Lipinski definition) is 4. The first-order chi connectivity index (χ1) is 14.1. The first-order valence-corrected chi connectivity index (χ1v) is 9.43. The predicted octanol–water partition coefficient (Wildman–Crippen LogP) is 3.66. The lowest BCUT2D eigenvalue weighted by molar-refractivity contribution is -0.150. The van der Waals surface area contributed by atoms with E-state index in [1.54, 1.807) is 30.3 Å². The zero-order valence-electron chi connectivity index (χ0n) is 15.0. The van der Waals surface area contributed by atoms with Gasteiger partial charge >= 0.3 is 0 Å². The fourth-order valence-corrected chi connectivity index (χ4v) is 3.79. The number of fused-ring (bicyclic) bond motifs is 1. The summed E-state index contributed by atoms with van der Waals surface area (Å²) in [6, 6.07) is 17.6. The number of rotatable bonds is 4. The number of nitrogens with zero attached hydrogens (tertiary/aromatic N) is 2. The van der Waals surface area contributed by atoms with Gasteiger partial charge < -0.3 is 9.40 Å². The number of hydrogen-bond donors (Lipinski definition) is 2. The number of β-lactam (4-membered cyclic amide) rings is 1. The zero-order chi connectivity index (χ0) is 20.0. The van der Waals surface area contributed by atoms with Gasteiger partial charge in [-0.2, -0.15) is 0 Å². The molecule has 0 saturated carbocycles. The number of halogens is 1. The van der Waals surface area contributed by atoms with Crippen molar-refractivity contribution in [3.63, 3.8) is 0 Å². The van der Waals surface area contributed by atoms with Crippen molar-refractivity contribution in [2.75, 3.05) is 0 Å². The van der Waals surface area contributed by atoms with Gasteiger partial charge in [0, 0.05) is 5.56 Å². The molecular formula is C21H15ClN4O3. The third kappa shape index (κ3) is 2.87. The molecule has 2 atom stereocenters. The smallest absolute Gasteiger partial charge is 0.270 e. The standard InChI is InChI=1S/C21H15ClN4O3/c22-17-18(16-10-5-11-29-16)26(21(17)28)25-20(27)13-7-2-1-6-12(13)19-23-14-8-3-4-9-15(14)24-19/h1-11,17-18H,(H,23,24)(H,25,27). The van der Waals surface area contributed by atoms with E-state index in [1.807, 2.05) is 30.3 Å². The fourth-order valence-electron chi connectivity index (χ4n) is 3.45. The van der Waals surface area contributed by atoms with Crippen LogP contribution in [0.2, 0.25) is 0 Å². The summed E-state index contributed by atoms with van der Waals surface area (Å²) >= 11 is 6.14. The number of aromatic nitrogens is 2. The van der Waals surface area contributed by atoms with E-state index < -0.39 is 17.3 Å². The summed E-state index contributed by atoms with van der Waals surface area (Å²) < 4.78 is 5.36. The molecule has 4 aromatic rings. The minimum absolute atomic E-state index is 0.385. The van der Waals surface area contributed by atoms with Gasteiger partial charge in [0.25, 0.3) is 11.8 Å². The van der Waals surface area contributed by atoms with Crippen molar-refractivity contribution in [3.8, 4) is 11.4 Å². The minimum Gasteiger partial charge on any atom is -0.467 e. The number of amides is 2. The molecule has 0 radical (unpaired) electrons. The number of H-pyrrole nitrogens is 1. The number of alkyl halides is 1. The lowest BCUT2D eigenvalue weighted by Crippen LogP contribution is -2.63. The second-order valence-electron chi connectivity index (χ2n) is 6.66. The Hall–Kier alpha value is -3.58. The number of furan rings is 1. The number of hydrazine groups is 1. The highest BCUT2D eigenvalue weighted by molar-refractivity contribution is 6.33. The number of para-hydroxylation sites is 2. The van der Waals surface area contributed by atoms with E-state index in [0.29, 0.717) is 22.7 Å². The molecule has 29 heavy (non-hydrogen) atoms. The number of carbonyl (C=O) groups is 2. The molecule has 0 aliphatic carbocycles. The number of benzene rings is 2. The SMILES string of the molecule is O=C(NN1C(=O)C(Cl)C1c1ccco1)c1ccccc1-c1nc2ccccc2[nH]1. The number of aromatic amines is 1. The molecule has 2 unspecified atom stereocenters. The number of carbonyl (C=O) groups excluding carboxylic acids is 2.